The number of ether oxygens (including phenoxy) is 1. The molecule has 0 bridgehead atoms. The standard InChI is InChI=1S/C7H16O2Si/c1-7(2,3)10-5-4-9-6-8/h6H,4-5,10H2,1-3H3. The first-order valence-electron chi connectivity index (χ1n) is 3.61. The van der Waals surface area contributed by atoms with Crippen molar-refractivity contribution < 1.29 is 9.53 Å². The van der Waals surface area contributed by atoms with E-state index >= 15 is 0 Å². The van der Waals surface area contributed by atoms with E-state index in [-0.39, 0.29) is 9.52 Å². The predicted octanol–water partition coefficient (Wildman–Crippen LogP) is 0.965. The summed E-state index contributed by atoms with van der Waals surface area (Å²) in [6.45, 7) is 7.85. The Kier molecular flexibility index (Phi) is 4.35. The average Bonchev–Trinajstić information content (AvgIpc) is 1.78. The summed E-state index contributed by atoms with van der Waals surface area (Å²) < 4.78 is 4.58. The highest BCUT2D eigenvalue weighted by Gasteiger charge is 2.09. The summed E-state index contributed by atoms with van der Waals surface area (Å²) in [6.07, 6.45) is 0. The minimum atomic E-state index is -0.0546. The maximum absolute atomic E-state index is 9.72. The topological polar surface area (TPSA) is 26.3 Å². The van der Waals surface area contributed by atoms with Gasteiger partial charge in [-0.2, -0.15) is 0 Å². The molecule has 10 heavy (non-hydrogen) atoms. The molecule has 2 nitrogen and oxygen atoms in total. The van der Waals surface area contributed by atoms with E-state index in [0.717, 1.165) is 6.04 Å². The minimum absolute atomic E-state index is 0.0546. The molecule has 3 heteroatoms. The fraction of sp³-hybridized carbons (Fsp3) is 0.857. The number of hydrogen-bond acceptors (Lipinski definition) is 2. The molecule has 0 atom stereocenters. The van der Waals surface area contributed by atoms with Crippen molar-refractivity contribution in [1.29, 1.82) is 0 Å². The van der Waals surface area contributed by atoms with Crippen LogP contribution in [0.5, 0.6) is 0 Å². The van der Waals surface area contributed by atoms with E-state index in [4.69, 9.17) is 0 Å². The third kappa shape index (κ3) is 7.69. The number of rotatable bonds is 4. The second-order valence-corrected chi connectivity index (χ2v) is 6.96. The predicted molar refractivity (Wildman–Crippen MR) is 45.1 cm³/mol. The summed E-state index contributed by atoms with van der Waals surface area (Å²) >= 11 is 0. The largest absolute Gasteiger partial charge is 0.468 e. The maximum atomic E-state index is 9.72. The molecule has 0 spiro atoms. The van der Waals surface area contributed by atoms with Crippen LogP contribution in [-0.2, 0) is 9.53 Å². The van der Waals surface area contributed by atoms with Crippen molar-refractivity contribution in [2.45, 2.75) is 31.9 Å². The lowest BCUT2D eigenvalue weighted by Crippen LogP contribution is -2.09. The van der Waals surface area contributed by atoms with E-state index < -0.39 is 0 Å². The Bertz CT molecular complexity index is 96.3. The van der Waals surface area contributed by atoms with Crippen LogP contribution in [-0.4, -0.2) is 22.6 Å². The molecular weight excluding hydrogens is 144 g/mol. The molecule has 0 heterocycles. The van der Waals surface area contributed by atoms with Crippen LogP contribution in [0.2, 0.25) is 11.1 Å². The molecule has 0 aliphatic rings. The summed E-state index contributed by atoms with van der Waals surface area (Å²) in [5.41, 5.74) is 0. The van der Waals surface area contributed by atoms with Crippen molar-refractivity contribution in [3.8, 4) is 0 Å². The van der Waals surface area contributed by atoms with Gasteiger partial charge in [0.25, 0.3) is 6.47 Å². The van der Waals surface area contributed by atoms with Gasteiger partial charge in [0.15, 0.2) is 0 Å². The van der Waals surface area contributed by atoms with E-state index in [2.05, 4.69) is 25.5 Å². The lowest BCUT2D eigenvalue weighted by atomic mass is 10.3. The van der Waals surface area contributed by atoms with Gasteiger partial charge >= 0.3 is 0 Å². The Balaban J connectivity index is 3.12. The Morgan fingerprint density at radius 1 is 1.50 bits per heavy atom. The zero-order valence-corrected chi connectivity index (χ0v) is 8.43. The van der Waals surface area contributed by atoms with E-state index in [9.17, 15) is 4.79 Å². The molecule has 0 saturated carbocycles. The molecule has 0 aliphatic carbocycles. The van der Waals surface area contributed by atoms with Gasteiger partial charge in [0.2, 0.25) is 0 Å². The molecule has 0 aromatic rings. The van der Waals surface area contributed by atoms with E-state index in [1.54, 1.807) is 0 Å². The Morgan fingerprint density at radius 3 is 2.50 bits per heavy atom. The monoisotopic (exact) mass is 160 g/mol. The van der Waals surface area contributed by atoms with Crippen LogP contribution < -0.4 is 0 Å². The number of hydrogen-bond donors (Lipinski definition) is 0. The molecular formula is C7H16O2Si. The normalized spacial score (nSPS) is 12.3. The van der Waals surface area contributed by atoms with Gasteiger partial charge in [0.1, 0.15) is 0 Å². The van der Waals surface area contributed by atoms with Crippen molar-refractivity contribution >= 4 is 16.0 Å². The molecule has 60 valence electrons. The summed E-state index contributed by atoms with van der Waals surface area (Å²) in [7, 11) is -0.0546. The molecule has 0 saturated heterocycles. The Hall–Kier alpha value is -0.313. The SMILES string of the molecule is CC(C)(C)[SiH2]CCOC=O. The first kappa shape index (κ1) is 9.69. The van der Waals surface area contributed by atoms with Crippen molar-refractivity contribution in [3.63, 3.8) is 0 Å². The maximum Gasteiger partial charge on any atom is 0.293 e. The zero-order valence-electron chi connectivity index (χ0n) is 7.02. The zero-order chi connectivity index (χ0) is 8.04. The van der Waals surface area contributed by atoms with Crippen molar-refractivity contribution in [2.75, 3.05) is 6.61 Å². The summed E-state index contributed by atoms with van der Waals surface area (Å²) in [6, 6.07) is 1.10. The highest BCUT2D eigenvalue weighted by molar-refractivity contribution is 6.39. The summed E-state index contributed by atoms with van der Waals surface area (Å²) in [4.78, 5) is 9.72. The van der Waals surface area contributed by atoms with Crippen molar-refractivity contribution in [3.05, 3.63) is 0 Å². The molecule has 0 rings (SSSR count). The summed E-state index contributed by atoms with van der Waals surface area (Å²) in [5, 5.41) is 0.492. The lowest BCUT2D eigenvalue weighted by Gasteiger charge is -2.15. The van der Waals surface area contributed by atoms with Crippen LogP contribution in [0.25, 0.3) is 0 Å². The van der Waals surface area contributed by atoms with Gasteiger partial charge in [-0.3, -0.25) is 4.79 Å². The number of carbonyl (C=O) groups is 1. The fourth-order valence-electron chi connectivity index (χ4n) is 0.734. The van der Waals surface area contributed by atoms with Gasteiger partial charge in [-0.1, -0.05) is 20.8 Å². The highest BCUT2D eigenvalue weighted by Crippen LogP contribution is 2.20. The van der Waals surface area contributed by atoms with Gasteiger partial charge in [-0.15, -0.1) is 0 Å². The molecule has 0 unspecified atom stereocenters. The first-order valence-corrected chi connectivity index (χ1v) is 5.32. The second kappa shape index (κ2) is 4.49. The third-order valence-electron chi connectivity index (χ3n) is 1.26. The molecule has 0 aromatic carbocycles. The fourth-order valence-corrected chi connectivity index (χ4v) is 2.11. The molecule has 0 aliphatic heterocycles. The van der Waals surface area contributed by atoms with Crippen molar-refractivity contribution in [2.24, 2.45) is 0 Å². The van der Waals surface area contributed by atoms with E-state index in [0.29, 0.717) is 18.1 Å². The van der Waals surface area contributed by atoms with Gasteiger partial charge in [0.05, 0.1) is 6.61 Å². The van der Waals surface area contributed by atoms with Gasteiger partial charge in [-0.25, -0.2) is 0 Å². The average molecular weight is 160 g/mol. The molecule has 0 fully saturated rings. The van der Waals surface area contributed by atoms with E-state index in [1.165, 1.54) is 0 Å². The summed E-state index contributed by atoms with van der Waals surface area (Å²) in [5.74, 6) is 0. The highest BCUT2D eigenvalue weighted by atomic mass is 28.2. The molecule has 0 amide bonds. The minimum Gasteiger partial charge on any atom is -0.468 e. The molecule has 0 aromatic heterocycles. The quantitative estimate of drug-likeness (QED) is 0.348. The Morgan fingerprint density at radius 2 is 2.10 bits per heavy atom. The number of carbonyl (C=O) groups excluding carboxylic acids is 1. The molecule has 0 N–H and O–H groups in total. The van der Waals surface area contributed by atoms with E-state index in [1.807, 2.05) is 0 Å². The third-order valence-corrected chi connectivity index (χ3v) is 3.40. The van der Waals surface area contributed by atoms with Crippen LogP contribution in [0.15, 0.2) is 0 Å². The van der Waals surface area contributed by atoms with Gasteiger partial charge in [0, 0.05) is 9.52 Å². The van der Waals surface area contributed by atoms with Crippen LogP contribution in [0, 0.1) is 0 Å². The first-order chi connectivity index (χ1) is 4.56. The molecule has 0 radical (unpaired) electrons. The van der Waals surface area contributed by atoms with Crippen LogP contribution >= 0.6 is 0 Å². The van der Waals surface area contributed by atoms with Gasteiger partial charge in [-0.05, 0) is 11.1 Å². The van der Waals surface area contributed by atoms with Crippen LogP contribution in [0.4, 0.5) is 0 Å². The second-order valence-electron chi connectivity index (χ2n) is 3.63. The van der Waals surface area contributed by atoms with Gasteiger partial charge < -0.3 is 4.74 Å². The lowest BCUT2D eigenvalue weighted by molar-refractivity contribution is -0.128. The smallest absolute Gasteiger partial charge is 0.293 e. The van der Waals surface area contributed by atoms with Crippen molar-refractivity contribution in [1.82, 2.24) is 0 Å². The Labute approximate surface area is 64.8 Å². The van der Waals surface area contributed by atoms with Crippen LogP contribution in [0.1, 0.15) is 20.8 Å². The van der Waals surface area contributed by atoms with Crippen LogP contribution in [0.3, 0.4) is 0 Å².